The summed E-state index contributed by atoms with van der Waals surface area (Å²) >= 11 is 5.90. The average Bonchev–Trinajstić information content (AvgIpc) is 2.74. The highest BCUT2D eigenvalue weighted by Gasteiger charge is 2.28. The minimum atomic E-state index is -0.435. The van der Waals surface area contributed by atoms with Crippen LogP contribution in [0.5, 0.6) is 0 Å². The van der Waals surface area contributed by atoms with Crippen LogP contribution in [0.4, 0.5) is 15.8 Å². The number of fused-ring (bicyclic) bond motifs is 1. The number of carbonyl (C=O) groups is 2. The van der Waals surface area contributed by atoms with Crippen LogP contribution in [0.1, 0.15) is 5.56 Å². The van der Waals surface area contributed by atoms with Crippen molar-refractivity contribution in [2.45, 2.75) is 6.42 Å². The van der Waals surface area contributed by atoms with Gasteiger partial charge in [-0.25, -0.2) is 4.39 Å². The first-order chi connectivity index (χ1) is 10.5. The Labute approximate surface area is 131 Å². The zero-order valence-electron chi connectivity index (χ0n) is 11.5. The van der Waals surface area contributed by atoms with Crippen molar-refractivity contribution in [3.63, 3.8) is 0 Å². The molecule has 0 saturated carbocycles. The van der Waals surface area contributed by atoms with E-state index in [0.29, 0.717) is 16.4 Å². The molecule has 3 rings (SSSR count). The van der Waals surface area contributed by atoms with E-state index in [4.69, 9.17) is 11.6 Å². The van der Waals surface area contributed by atoms with Gasteiger partial charge in [0.05, 0.1) is 6.42 Å². The second-order valence-electron chi connectivity index (χ2n) is 4.99. The van der Waals surface area contributed by atoms with E-state index in [2.05, 4.69) is 5.32 Å². The first kappa shape index (κ1) is 14.5. The lowest BCUT2D eigenvalue weighted by atomic mass is 10.2. The molecule has 112 valence electrons. The second kappa shape index (κ2) is 5.77. The van der Waals surface area contributed by atoms with E-state index in [-0.39, 0.29) is 24.8 Å². The Bertz CT molecular complexity index is 764. The molecule has 0 aromatic heterocycles. The number of amides is 2. The summed E-state index contributed by atoms with van der Waals surface area (Å²) in [6.45, 7) is -0.121. The Morgan fingerprint density at radius 2 is 2.09 bits per heavy atom. The average molecular weight is 319 g/mol. The zero-order chi connectivity index (χ0) is 15.7. The first-order valence-electron chi connectivity index (χ1n) is 6.67. The number of nitrogens with one attached hydrogen (secondary N) is 1. The quantitative estimate of drug-likeness (QED) is 0.945. The van der Waals surface area contributed by atoms with Crippen molar-refractivity contribution < 1.29 is 14.0 Å². The van der Waals surface area contributed by atoms with Crippen LogP contribution >= 0.6 is 11.6 Å². The van der Waals surface area contributed by atoms with E-state index in [0.717, 1.165) is 5.56 Å². The lowest BCUT2D eigenvalue weighted by Gasteiger charge is -2.17. The van der Waals surface area contributed by atoms with Crippen LogP contribution in [0.2, 0.25) is 5.02 Å². The van der Waals surface area contributed by atoms with Gasteiger partial charge in [0.2, 0.25) is 11.8 Å². The van der Waals surface area contributed by atoms with E-state index < -0.39 is 5.82 Å². The lowest BCUT2D eigenvalue weighted by molar-refractivity contribution is -0.120. The lowest BCUT2D eigenvalue weighted by Crippen LogP contribution is -2.35. The molecule has 0 radical (unpaired) electrons. The summed E-state index contributed by atoms with van der Waals surface area (Å²) in [5.74, 6) is -0.983. The third-order valence-corrected chi connectivity index (χ3v) is 3.62. The molecule has 0 unspecified atom stereocenters. The maximum absolute atomic E-state index is 13.1. The maximum Gasteiger partial charge on any atom is 0.244 e. The normalized spacial score (nSPS) is 13.2. The SMILES string of the molecule is O=C(CN1C(=O)Cc2cc(Cl)ccc21)Nc1cccc(F)c1. The summed E-state index contributed by atoms with van der Waals surface area (Å²) in [5.41, 5.74) is 1.84. The molecule has 4 nitrogen and oxygen atoms in total. The molecule has 1 aliphatic rings. The number of hydrogen-bond donors (Lipinski definition) is 1. The van der Waals surface area contributed by atoms with Crippen LogP contribution in [0.3, 0.4) is 0 Å². The van der Waals surface area contributed by atoms with Crippen molar-refractivity contribution in [2.24, 2.45) is 0 Å². The number of carbonyl (C=O) groups excluding carboxylic acids is 2. The van der Waals surface area contributed by atoms with Crippen molar-refractivity contribution >= 4 is 34.8 Å². The Hall–Kier alpha value is -2.40. The van der Waals surface area contributed by atoms with Gasteiger partial charge in [0.15, 0.2) is 0 Å². The zero-order valence-corrected chi connectivity index (χ0v) is 12.2. The van der Waals surface area contributed by atoms with E-state index >= 15 is 0 Å². The van der Waals surface area contributed by atoms with Crippen LogP contribution in [0.25, 0.3) is 0 Å². The topological polar surface area (TPSA) is 49.4 Å². The first-order valence-corrected chi connectivity index (χ1v) is 7.05. The van der Waals surface area contributed by atoms with Crippen LogP contribution in [-0.2, 0) is 16.0 Å². The molecule has 2 aromatic carbocycles. The predicted octanol–water partition coefficient (Wildman–Crippen LogP) is 3.01. The Morgan fingerprint density at radius 1 is 1.27 bits per heavy atom. The molecule has 2 amide bonds. The summed E-state index contributed by atoms with van der Waals surface area (Å²) in [6, 6.07) is 10.7. The van der Waals surface area contributed by atoms with Gasteiger partial charge in [-0.3, -0.25) is 9.59 Å². The van der Waals surface area contributed by atoms with Crippen LogP contribution < -0.4 is 10.2 Å². The summed E-state index contributed by atoms with van der Waals surface area (Å²) < 4.78 is 13.1. The second-order valence-corrected chi connectivity index (χ2v) is 5.42. The Balaban J connectivity index is 1.73. The molecule has 1 heterocycles. The molecule has 0 fully saturated rings. The molecular formula is C16H12ClFN2O2. The molecule has 0 bridgehead atoms. The number of rotatable bonds is 3. The molecule has 1 N–H and O–H groups in total. The number of anilines is 2. The fourth-order valence-corrected chi connectivity index (χ4v) is 2.63. The predicted molar refractivity (Wildman–Crippen MR) is 82.5 cm³/mol. The summed E-state index contributed by atoms with van der Waals surface area (Å²) in [6.07, 6.45) is 0.225. The van der Waals surface area contributed by atoms with Gasteiger partial charge in [-0.05, 0) is 42.0 Å². The Kier molecular flexibility index (Phi) is 3.81. The highest BCUT2D eigenvalue weighted by Crippen LogP contribution is 2.30. The standard InChI is InChI=1S/C16H12ClFN2O2/c17-11-4-5-14-10(6-11)7-16(22)20(14)9-15(21)19-13-3-1-2-12(18)8-13/h1-6,8H,7,9H2,(H,19,21). The highest BCUT2D eigenvalue weighted by molar-refractivity contribution is 6.31. The number of nitrogens with zero attached hydrogens (tertiary/aromatic N) is 1. The number of hydrogen-bond acceptors (Lipinski definition) is 2. The van der Waals surface area contributed by atoms with E-state index in [1.165, 1.54) is 23.1 Å². The van der Waals surface area contributed by atoms with Crippen molar-refractivity contribution in [1.29, 1.82) is 0 Å². The summed E-state index contributed by atoms with van der Waals surface area (Å²) in [4.78, 5) is 25.5. The van der Waals surface area contributed by atoms with Crippen molar-refractivity contribution in [3.05, 3.63) is 58.9 Å². The highest BCUT2D eigenvalue weighted by atomic mass is 35.5. The van der Waals surface area contributed by atoms with Crippen molar-refractivity contribution in [1.82, 2.24) is 0 Å². The largest absolute Gasteiger partial charge is 0.324 e. The molecule has 0 saturated heterocycles. The third-order valence-electron chi connectivity index (χ3n) is 3.39. The smallest absolute Gasteiger partial charge is 0.244 e. The van der Waals surface area contributed by atoms with Crippen molar-refractivity contribution in [2.75, 3.05) is 16.8 Å². The van der Waals surface area contributed by atoms with Crippen LogP contribution in [-0.4, -0.2) is 18.4 Å². The molecule has 0 atom stereocenters. The molecule has 22 heavy (non-hydrogen) atoms. The van der Waals surface area contributed by atoms with E-state index in [1.807, 2.05) is 0 Å². The van der Waals surface area contributed by atoms with Gasteiger partial charge in [-0.1, -0.05) is 17.7 Å². The van der Waals surface area contributed by atoms with Gasteiger partial charge in [-0.2, -0.15) is 0 Å². The van der Waals surface area contributed by atoms with Gasteiger partial charge in [0.25, 0.3) is 0 Å². The van der Waals surface area contributed by atoms with Gasteiger partial charge in [0.1, 0.15) is 12.4 Å². The fraction of sp³-hybridized carbons (Fsp3) is 0.125. The van der Waals surface area contributed by atoms with E-state index in [1.54, 1.807) is 24.3 Å². The molecule has 1 aliphatic heterocycles. The molecule has 0 spiro atoms. The summed E-state index contributed by atoms with van der Waals surface area (Å²) in [5, 5.41) is 3.13. The maximum atomic E-state index is 13.1. The van der Waals surface area contributed by atoms with Crippen LogP contribution in [0, 0.1) is 5.82 Å². The minimum Gasteiger partial charge on any atom is -0.324 e. The Morgan fingerprint density at radius 3 is 2.86 bits per heavy atom. The van der Waals surface area contributed by atoms with Gasteiger partial charge in [0, 0.05) is 16.4 Å². The van der Waals surface area contributed by atoms with Gasteiger partial charge >= 0.3 is 0 Å². The summed E-state index contributed by atoms with van der Waals surface area (Å²) in [7, 11) is 0. The third kappa shape index (κ3) is 2.94. The van der Waals surface area contributed by atoms with Crippen molar-refractivity contribution in [3.8, 4) is 0 Å². The fourth-order valence-electron chi connectivity index (χ4n) is 2.44. The monoisotopic (exact) mass is 318 g/mol. The van der Waals surface area contributed by atoms with Crippen LogP contribution in [0.15, 0.2) is 42.5 Å². The molecular weight excluding hydrogens is 307 g/mol. The number of halogens is 2. The number of benzene rings is 2. The van der Waals surface area contributed by atoms with Gasteiger partial charge < -0.3 is 10.2 Å². The minimum absolute atomic E-state index is 0.121. The van der Waals surface area contributed by atoms with Gasteiger partial charge in [-0.15, -0.1) is 0 Å². The molecule has 6 heteroatoms. The molecule has 0 aliphatic carbocycles. The van der Waals surface area contributed by atoms with E-state index in [9.17, 15) is 14.0 Å². The molecule has 2 aromatic rings.